The van der Waals surface area contributed by atoms with Crippen molar-refractivity contribution in [2.75, 3.05) is 0 Å². The number of rotatable bonds is 2. The smallest absolute Gasteiger partial charge is 0.335 e. The molecule has 0 aliphatic carbocycles. The van der Waals surface area contributed by atoms with Crippen molar-refractivity contribution in [3.8, 4) is 11.6 Å². The summed E-state index contributed by atoms with van der Waals surface area (Å²) in [5.41, 5.74) is 2.13. The van der Waals surface area contributed by atoms with Crippen molar-refractivity contribution < 1.29 is 5.11 Å². The summed E-state index contributed by atoms with van der Waals surface area (Å²) in [7, 11) is 0. The Morgan fingerprint density at radius 3 is 2.57 bits per heavy atom. The second-order valence-electron chi connectivity index (χ2n) is 7.11. The SMILES string of the molecule is CC(=C1C=Nc2ccccc21)c1c(O)n(-c2cccc3ccccc23)c(=O)[nH]c1=O. The predicted molar refractivity (Wildman–Crippen MR) is 119 cm³/mol. The van der Waals surface area contributed by atoms with Crippen LogP contribution < -0.4 is 11.2 Å². The van der Waals surface area contributed by atoms with Gasteiger partial charge in [0.15, 0.2) is 0 Å². The first-order valence-corrected chi connectivity index (χ1v) is 9.47. The second kappa shape index (κ2) is 6.70. The first-order valence-electron chi connectivity index (χ1n) is 9.47. The Morgan fingerprint density at radius 2 is 1.70 bits per heavy atom. The van der Waals surface area contributed by atoms with E-state index in [1.165, 1.54) is 0 Å². The number of aromatic hydroxyl groups is 1. The number of nitrogens with zero attached hydrogens (tertiary/aromatic N) is 2. The summed E-state index contributed by atoms with van der Waals surface area (Å²) in [6.07, 6.45) is 1.67. The fourth-order valence-electron chi connectivity index (χ4n) is 3.94. The standard InChI is InChI=1S/C24H17N3O3/c1-14(18-13-25-19-11-5-4-10-17(18)19)21-22(28)26-24(30)27(23(21)29)20-12-6-8-15-7-2-3-9-16(15)20/h2-13,29H,1H3,(H,26,28,30). The minimum Gasteiger partial charge on any atom is -0.494 e. The van der Waals surface area contributed by atoms with Gasteiger partial charge >= 0.3 is 5.69 Å². The molecule has 0 amide bonds. The first-order chi connectivity index (χ1) is 14.6. The van der Waals surface area contributed by atoms with Gasteiger partial charge in [-0.3, -0.25) is 14.8 Å². The fraction of sp³-hybridized carbons (Fsp3) is 0.0417. The largest absolute Gasteiger partial charge is 0.494 e. The molecule has 2 heterocycles. The quantitative estimate of drug-likeness (QED) is 0.537. The Bertz CT molecular complexity index is 1500. The molecule has 0 atom stereocenters. The van der Waals surface area contributed by atoms with Gasteiger partial charge in [-0.2, -0.15) is 0 Å². The van der Waals surface area contributed by atoms with Crippen LogP contribution in [0.25, 0.3) is 27.6 Å². The van der Waals surface area contributed by atoms with Gasteiger partial charge in [-0.25, -0.2) is 9.36 Å². The molecule has 5 rings (SSSR count). The maximum absolute atomic E-state index is 12.7. The zero-order chi connectivity index (χ0) is 20.8. The second-order valence-corrected chi connectivity index (χ2v) is 7.11. The minimum absolute atomic E-state index is 0.0423. The summed E-state index contributed by atoms with van der Waals surface area (Å²) < 4.78 is 1.14. The lowest BCUT2D eigenvalue weighted by molar-refractivity contribution is 0.429. The zero-order valence-corrected chi connectivity index (χ0v) is 16.1. The summed E-state index contributed by atoms with van der Waals surface area (Å²) >= 11 is 0. The monoisotopic (exact) mass is 395 g/mol. The molecule has 1 aliphatic heterocycles. The summed E-state index contributed by atoms with van der Waals surface area (Å²) in [6.45, 7) is 1.74. The Hall–Kier alpha value is -4.19. The molecule has 146 valence electrons. The van der Waals surface area contributed by atoms with Crippen LogP contribution in [0.15, 0.2) is 81.3 Å². The first kappa shape index (κ1) is 17.9. The van der Waals surface area contributed by atoms with Crippen molar-refractivity contribution in [1.29, 1.82) is 0 Å². The molecule has 0 radical (unpaired) electrons. The van der Waals surface area contributed by atoms with Crippen LogP contribution in [-0.2, 0) is 0 Å². The number of nitrogens with one attached hydrogen (secondary N) is 1. The molecule has 0 bridgehead atoms. The lowest BCUT2D eigenvalue weighted by Gasteiger charge is -2.15. The van der Waals surface area contributed by atoms with Crippen LogP contribution in [0.4, 0.5) is 5.69 Å². The van der Waals surface area contributed by atoms with E-state index in [-0.39, 0.29) is 5.56 Å². The van der Waals surface area contributed by atoms with E-state index >= 15 is 0 Å². The number of fused-ring (bicyclic) bond motifs is 2. The van der Waals surface area contributed by atoms with Gasteiger partial charge in [-0.1, -0.05) is 54.6 Å². The van der Waals surface area contributed by atoms with Crippen LogP contribution in [0.5, 0.6) is 5.88 Å². The van der Waals surface area contributed by atoms with Crippen molar-refractivity contribution in [1.82, 2.24) is 9.55 Å². The van der Waals surface area contributed by atoms with E-state index < -0.39 is 17.1 Å². The van der Waals surface area contributed by atoms with Gasteiger partial charge in [0.2, 0.25) is 5.88 Å². The van der Waals surface area contributed by atoms with Gasteiger partial charge in [0.05, 0.1) is 11.4 Å². The van der Waals surface area contributed by atoms with E-state index in [2.05, 4.69) is 9.98 Å². The Morgan fingerprint density at radius 1 is 0.967 bits per heavy atom. The third-order valence-corrected chi connectivity index (χ3v) is 5.40. The molecule has 0 saturated heterocycles. The molecule has 3 aromatic carbocycles. The van der Waals surface area contributed by atoms with Gasteiger partial charge in [0.1, 0.15) is 5.56 Å². The van der Waals surface area contributed by atoms with Gasteiger partial charge in [-0.05, 0) is 30.0 Å². The van der Waals surface area contributed by atoms with Gasteiger partial charge in [0.25, 0.3) is 5.56 Å². The van der Waals surface area contributed by atoms with Crippen LogP contribution >= 0.6 is 0 Å². The highest BCUT2D eigenvalue weighted by atomic mass is 16.3. The van der Waals surface area contributed by atoms with Crippen LogP contribution in [0.2, 0.25) is 0 Å². The van der Waals surface area contributed by atoms with Crippen molar-refractivity contribution in [2.45, 2.75) is 6.92 Å². The number of aliphatic imine (C=N–C) groups is 1. The molecular formula is C24H17N3O3. The van der Waals surface area contributed by atoms with E-state index in [0.717, 1.165) is 32.2 Å². The van der Waals surface area contributed by atoms with Gasteiger partial charge < -0.3 is 5.11 Å². The molecule has 0 saturated carbocycles. The van der Waals surface area contributed by atoms with E-state index in [9.17, 15) is 14.7 Å². The molecule has 6 heteroatoms. The highest BCUT2D eigenvalue weighted by Gasteiger charge is 2.22. The molecule has 30 heavy (non-hydrogen) atoms. The Balaban J connectivity index is 1.81. The molecule has 1 aromatic heterocycles. The molecule has 0 spiro atoms. The number of allylic oxidation sites excluding steroid dienone is 2. The molecule has 2 N–H and O–H groups in total. The summed E-state index contributed by atoms with van der Waals surface area (Å²) in [5.74, 6) is -0.400. The maximum atomic E-state index is 12.7. The van der Waals surface area contributed by atoms with Crippen molar-refractivity contribution in [2.24, 2.45) is 4.99 Å². The average Bonchev–Trinajstić information content (AvgIpc) is 3.18. The molecular weight excluding hydrogens is 378 g/mol. The number of para-hydroxylation sites is 1. The minimum atomic E-state index is -0.698. The third-order valence-electron chi connectivity index (χ3n) is 5.40. The number of H-pyrrole nitrogens is 1. The van der Waals surface area contributed by atoms with Crippen molar-refractivity contribution in [3.63, 3.8) is 0 Å². The predicted octanol–water partition coefficient (Wildman–Crippen LogP) is 4.03. The fourth-order valence-corrected chi connectivity index (χ4v) is 3.94. The number of benzene rings is 3. The lowest BCUT2D eigenvalue weighted by Crippen LogP contribution is -2.31. The average molecular weight is 395 g/mol. The summed E-state index contributed by atoms with van der Waals surface area (Å²) in [5, 5.41) is 12.8. The number of hydrogen-bond donors (Lipinski definition) is 2. The third kappa shape index (κ3) is 2.62. The molecule has 1 aliphatic rings. The number of aromatic nitrogens is 2. The number of hydrogen-bond acceptors (Lipinski definition) is 4. The highest BCUT2D eigenvalue weighted by Crippen LogP contribution is 2.37. The van der Waals surface area contributed by atoms with Crippen molar-refractivity contribution in [3.05, 3.63) is 98.7 Å². The van der Waals surface area contributed by atoms with Crippen molar-refractivity contribution >= 4 is 33.8 Å². The summed E-state index contributed by atoms with van der Waals surface area (Å²) in [6, 6.07) is 20.6. The molecule has 0 unspecified atom stereocenters. The van der Waals surface area contributed by atoms with Gasteiger partial charge in [0, 0.05) is 22.7 Å². The van der Waals surface area contributed by atoms with Crippen LogP contribution in [0.1, 0.15) is 18.1 Å². The Labute approximate surface area is 171 Å². The van der Waals surface area contributed by atoms with Crippen LogP contribution in [0.3, 0.4) is 0 Å². The zero-order valence-electron chi connectivity index (χ0n) is 16.1. The van der Waals surface area contributed by atoms with Gasteiger partial charge in [-0.15, -0.1) is 0 Å². The lowest BCUT2D eigenvalue weighted by atomic mass is 9.98. The highest BCUT2D eigenvalue weighted by molar-refractivity contribution is 6.24. The molecule has 6 nitrogen and oxygen atoms in total. The van der Waals surface area contributed by atoms with E-state index in [4.69, 9.17) is 0 Å². The molecule has 0 fully saturated rings. The topological polar surface area (TPSA) is 87.4 Å². The molecule has 4 aromatic rings. The van der Waals surface area contributed by atoms with E-state index in [1.54, 1.807) is 25.3 Å². The normalized spacial score (nSPS) is 14.2. The van der Waals surface area contributed by atoms with E-state index in [1.807, 2.05) is 54.6 Å². The maximum Gasteiger partial charge on any atom is 0.335 e. The van der Waals surface area contributed by atoms with Crippen LogP contribution in [0, 0.1) is 0 Å². The Kier molecular flexibility index (Phi) is 3.99. The van der Waals surface area contributed by atoms with Crippen LogP contribution in [-0.4, -0.2) is 20.9 Å². The van der Waals surface area contributed by atoms with E-state index in [0.29, 0.717) is 11.3 Å². The summed E-state index contributed by atoms with van der Waals surface area (Å²) in [4.78, 5) is 32.1. The number of aromatic amines is 1.